The summed E-state index contributed by atoms with van der Waals surface area (Å²) in [5.41, 5.74) is 6.68. The van der Waals surface area contributed by atoms with Gasteiger partial charge in [-0.3, -0.25) is 0 Å². The lowest BCUT2D eigenvalue weighted by molar-refractivity contribution is 0.354. The van der Waals surface area contributed by atoms with Crippen LogP contribution in [0.2, 0.25) is 0 Å². The maximum atomic E-state index is 5.50. The summed E-state index contributed by atoms with van der Waals surface area (Å²) in [5.74, 6) is 1.76. The Kier molecular flexibility index (Phi) is 4.65. The number of ether oxygens (including phenoxy) is 2. The third-order valence-electron chi connectivity index (χ3n) is 2.45. The van der Waals surface area contributed by atoms with E-state index in [4.69, 9.17) is 15.2 Å². The van der Waals surface area contributed by atoms with Crippen LogP contribution in [-0.2, 0) is 6.42 Å². The molecule has 0 aromatic heterocycles. The number of aryl methyl sites for hydroxylation is 1. The van der Waals surface area contributed by atoms with Gasteiger partial charge in [0, 0.05) is 10.2 Å². The Labute approximate surface area is 94.0 Å². The molecule has 3 nitrogen and oxygen atoms in total. The lowest BCUT2D eigenvalue weighted by Crippen LogP contribution is -2.11. The summed E-state index contributed by atoms with van der Waals surface area (Å²) in [6.45, 7) is 0.702. The third kappa shape index (κ3) is 2.73. The normalized spacial score (nSPS) is 10.3. The molecule has 1 aromatic rings. The van der Waals surface area contributed by atoms with Crippen LogP contribution in [0.15, 0.2) is 12.1 Å². The molecule has 0 aliphatic heterocycles. The maximum absolute atomic E-state index is 5.50. The molecule has 0 atom stereocenters. The largest absolute Gasteiger partial charge is 0.493 e. The minimum atomic E-state index is 0.702. The van der Waals surface area contributed by atoms with Gasteiger partial charge in [0.15, 0.2) is 11.5 Å². The lowest BCUT2D eigenvalue weighted by Gasteiger charge is -2.14. The van der Waals surface area contributed by atoms with E-state index < -0.39 is 0 Å². The Morgan fingerprint density at radius 3 is 2.40 bits per heavy atom. The average molecular weight is 225 g/mol. The molecular formula is C11H19NO2Si. The summed E-state index contributed by atoms with van der Waals surface area (Å²) < 4.78 is 10.8. The monoisotopic (exact) mass is 225 g/mol. The number of benzene rings is 1. The van der Waals surface area contributed by atoms with Gasteiger partial charge in [-0.2, -0.15) is 0 Å². The molecule has 4 heteroatoms. The van der Waals surface area contributed by atoms with Gasteiger partial charge in [0.2, 0.25) is 0 Å². The summed E-state index contributed by atoms with van der Waals surface area (Å²) in [5, 5.41) is 1.23. The van der Waals surface area contributed by atoms with Gasteiger partial charge in [0.05, 0.1) is 14.2 Å². The van der Waals surface area contributed by atoms with Crippen molar-refractivity contribution in [1.82, 2.24) is 0 Å². The van der Waals surface area contributed by atoms with Crippen molar-refractivity contribution in [3.8, 4) is 11.5 Å². The Hall–Kier alpha value is -1.00. The Morgan fingerprint density at radius 2 is 1.87 bits per heavy atom. The molecule has 0 radical (unpaired) electrons. The smallest absolute Gasteiger partial charge is 0.163 e. The van der Waals surface area contributed by atoms with Crippen molar-refractivity contribution in [1.29, 1.82) is 0 Å². The van der Waals surface area contributed by atoms with Gasteiger partial charge >= 0.3 is 0 Å². The van der Waals surface area contributed by atoms with E-state index >= 15 is 0 Å². The first-order valence-electron chi connectivity index (χ1n) is 5.15. The second kappa shape index (κ2) is 5.78. The predicted octanol–water partition coefficient (Wildman–Crippen LogP) is -0.414. The molecule has 0 aliphatic rings. The second-order valence-corrected chi connectivity index (χ2v) is 4.58. The van der Waals surface area contributed by atoms with Gasteiger partial charge < -0.3 is 15.2 Å². The molecule has 0 bridgehead atoms. The van der Waals surface area contributed by atoms with Crippen LogP contribution in [0, 0.1) is 0 Å². The molecule has 0 fully saturated rings. The molecule has 0 saturated carbocycles. The predicted molar refractivity (Wildman–Crippen MR) is 66.5 cm³/mol. The van der Waals surface area contributed by atoms with Crippen LogP contribution in [0.25, 0.3) is 0 Å². The van der Waals surface area contributed by atoms with Crippen molar-refractivity contribution < 1.29 is 9.47 Å². The zero-order valence-electron chi connectivity index (χ0n) is 9.67. The maximum Gasteiger partial charge on any atom is 0.163 e. The van der Waals surface area contributed by atoms with Crippen molar-refractivity contribution in [2.45, 2.75) is 12.8 Å². The fourth-order valence-corrected chi connectivity index (χ4v) is 2.27. The van der Waals surface area contributed by atoms with Gasteiger partial charge in [-0.25, -0.2) is 0 Å². The Balaban J connectivity index is 3.05. The van der Waals surface area contributed by atoms with Crippen LogP contribution >= 0.6 is 0 Å². The van der Waals surface area contributed by atoms with Crippen molar-refractivity contribution in [3.63, 3.8) is 0 Å². The lowest BCUT2D eigenvalue weighted by atomic mass is 10.1. The van der Waals surface area contributed by atoms with Crippen LogP contribution < -0.4 is 20.4 Å². The highest BCUT2D eigenvalue weighted by molar-refractivity contribution is 6.34. The quantitative estimate of drug-likeness (QED) is 0.693. The first kappa shape index (κ1) is 12.1. The van der Waals surface area contributed by atoms with Gasteiger partial charge in [0.25, 0.3) is 0 Å². The van der Waals surface area contributed by atoms with E-state index in [1.54, 1.807) is 14.2 Å². The van der Waals surface area contributed by atoms with Crippen LogP contribution in [0.5, 0.6) is 11.5 Å². The first-order chi connectivity index (χ1) is 7.24. The van der Waals surface area contributed by atoms with Gasteiger partial charge in [-0.05, 0) is 30.1 Å². The number of methoxy groups -OCH3 is 2. The van der Waals surface area contributed by atoms with Crippen molar-refractivity contribution in [2.75, 3.05) is 20.8 Å². The molecule has 2 N–H and O–H groups in total. The summed E-state index contributed by atoms with van der Waals surface area (Å²) in [4.78, 5) is 0. The van der Waals surface area contributed by atoms with Crippen LogP contribution in [0.1, 0.15) is 12.0 Å². The van der Waals surface area contributed by atoms with Gasteiger partial charge in [-0.1, -0.05) is 12.1 Å². The van der Waals surface area contributed by atoms with Crippen molar-refractivity contribution in [3.05, 3.63) is 17.7 Å². The summed E-state index contributed by atoms with van der Waals surface area (Å²) in [7, 11) is 4.33. The molecule has 0 heterocycles. The minimum absolute atomic E-state index is 0.702. The topological polar surface area (TPSA) is 44.5 Å². The Morgan fingerprint density at radius 1 is 1.20 bits per heavy atom. The van der Waals surface area contributed by atoms with Gasteiger partial charge in [0.1, 0.15) is 0 Å². The highest BCUT2D eigenvalue weighted by Gasteiger charge is 2.11. The Bertz CT molecular complexity index is 329. The van der Waals surface area contributed by atoms with Crippen LogP contribution in [0.4, 0.5) is 0 Å². The second-order valence-electron chi connectivity index (χ2n) is 3.50. The van der Waals surface area contributed by atoms with Crippen LogP contribution in [-0.4, -0.2) is 31.0 Å². The fraction of sp³-hybridized carbons (Fsp3) is 0.455. The molecule has 0 spiro atoms. The van der Waals surface area contributed by atoms with Crippen LogP contribution in [0.3, 0.4) is 0 Å². The number of rotatable bonds is 5. The summed E-state index contributed by atoms with van der Waals surface area (Å²) in [6.07, 6.45) is 1.91. The summed E-state index contributed by atoms with van der Waals surface area (Å²) in [6, 6.07) is 4.22. The van der Waals surface area contributed by atoms with E-state index in [-0.39, 0.29) is 0 Å². The number of hydrogen-bond donors (Lipinski definition) is 1. The molecule has 0 aliphatic carbocycles. The zero-order valence-corrected chi connectivity index (χ0v) is 11.7. The SMILES string of the molecule is COc1c([SiH3])ccc(CCCN)c1OC. The molecule has 0 saturated heterocycles. The molecule has 0 amide bonds. The number of hydrogen-bond acceptors (Lipinski definition) is 3. The summed E-state index contributed by atoms with van der Waals surface area (Å²) >= 11 is 0. The van der Waals surface area contributed by atoms with Crippen molar-refractivity contribution >= 4 is 15.4 Å². The van der Waals surface area contributed by atoms with E-state index in [2.05, 4.69) is 12.1 Å². The molecule has 84 valence electrons. The number of nitrogens with two attached hydrogens (primary N) is 1. The fourth-order valence-electron chi connectivity index (χ4n) is 1.67. The minimum Gasteiger partial charge on any atom is -0.493 e. The van der Waals surface area contributed by atoms with Gasteiger partial charge in [-0.15, -0.1) is 0 Å². The average Bonchev–Trinajstić information content (AvgIpc) is 2.26. The first-order valence-corrected chi connectivity index (χ1v) is 6.15. The zero-order chi connectivity index (χ0) is 11.3. The van der Waals surface area contributed by atoms with E-state index in [9.17, 15) is 0 Å². The molecular weight excluding hydrogens is 206 g/mol. The highest BCUT2D eigenvalue weighted by Crippen LogP contribution is 2.29. The van der Waals surface area contributed by atoms with E-state index in [1.807, 2.05) is 0 Å². The van der Waals surface area contributed by atoms with E-state index in [0.29, 0.717) is 6.54 Å². The third-order valence-corrected chi connectivity index (χ3v) is 3.24. The molecule has 1 rings (SSSR count). The van der Waals surface area contributed by atoms with Crippen molar-refractivity contribution in [2.24, 2.45) is 5.73 Å². The highest BCUT2D eigenvalue weighted by atomic mass is 28.1. The van der Waals surface area contributed by atoms with E-state index in [0.717, 1.165) is 34.6 Å². The standard InChI is InChI=1S/C11H19NO2Si/c1-13-10-8(4-3-7-12)5-6-9(15)11(10)14-2/h5-6H,3-4,7,12H2,1-2,15H3. The molecule has 1 aromatic carbocycles. The molecule has 0 unspecified atom stereocenters. The molecule has 15 heavy (non-hydrogen) atoms. The van der Waals surface area contributed by atoms with E-state index in [1.165, 1.54) is 10.8 Å².